The van der Waals surface area contributed by atoms with Crippen molar-refractivity contribution in [2.45, 2.75) is 6.18 Å². The van der Waals surface area contributed by atoms with Gasteiger partial charge in [0.05, 0.1) is 33.9 Å². The zero-order valence-electron chi connectivity index (χ0n) is 16.9. The van der Waals surface area contributed by atoms with E-state index >= 15 is 0 Å². The molecule has 0 unspecified atom stereocenters. The summed E-state index contributed by atoms with van der Waals surface area (Å²) in [6, 6.07) is 6.82. The summed E-state index contributed by atoms with van der Waals surface area (Å²) in [7, 11) is 2.62. The van der Waals surface area contributed by atoms with Crippen molar-refractivity contribution in [1.82, 2.24) is 15.0 Å². The van der Waals surface area contributed by atoms with Crippen LogP contribution in [0.1, 0.15) is 15.9 Å². The van der Waals surface area contributed by atoms with E-state index in [4.69, 9.17) is 16.3 Å². The van der Waals surface area contributed by atoms with E-state index in [-0.39, 0.29) is 28.7 Å². The molecule has 0 fully saturated rings. The summed E-state index contributed by atoms with van der Waals surface area (Å²) in [6.07, 6.45) is -3.14. The first kappa shape index (κ1) is 23.7. The molecule has 33 heavy (non-hydrogen) atoms. The molecule has 172 valence electrons. The molecule has 0 saturated heterocycles. The van der Waals surface area contributed by atoms with E-state index in [2.05, 4.69) is 20.3 Å². The number of esters is 1. The normalized spacial score (nSPS) is 11.1. The first-order chi connectivity index (χ1) is 15.5. The number of carbonyl (C=O) groups is 1. The van der Waals surface area contributed by atoms with Gasteiger partial charge in [-0.3, -0.25) is 10.1 Å². The molecule has 0 amide bonds. The molecule has 2 aromatic heterocycles. The van der Waals surface area contributed by atoms with Crippen LogP contribution in [0.15, 0.2) is 42.9 Å². The Labute approximate surface area is 189 Å². The topological polar surface area (TPSA) is 123 Å². The minimum atomic E-state index is -4.67. The number of benzene rings is 1. The highest BCUT2D eigenvalue weighted by Gasteiger charge is 2.32. The smallest absolute Gasteiger partial charge is 0.417 e. The Morgan fingerprint density at radius 3 is 2.52 bits per heavy atom. The fraction of sp³-hybridized carbons (Fsp3) is 0.158. The van der Waals surface area contributed by atoms with Crippen molar-refractivity contribution in [3.8, 4) is 0 Å². The van der Waals surface area contributed by atoms with Crippen LogP contribution in [0.2, 0.25) is 5.02 Å². The summed E-state index contributed by atoms with van der Waals surface area (Å²) in [4.78, 5) is 35.8. The molecule has 0 radical (unpaired) electrons. The van der Waals surface area contributed by atoms with Crippen molar-refractivity contribution in [2.75, 3.05) is 24.4 Å². The van der Waals surface area contributed by atoms with Gasteiger partial charge in [0, 0.05) is 13.2 Å². The van der Waals surface area contributed by atoms with E-state index in [0.29, 0.717) is 12.3 Å². The second kappa shape index (κ2) is 9.24. The molecule has 0 saturated carbocycles. The van der Waals surface area contributed by atoms with Crippen molar-refractivity contribution < 1.29 is 27.6 Å². The van der Waals surface area contributed by atoms with Gasteiger partial charge in [-0.2, -0.15) is 13.2 Å². The Bertz CT molecular complexity index is 1220. The number of rotatable bonds is 6. The van der Waals surface area contributed by atoms with Gasteiger partial charge < -0.3 is 15.0 Å². The predicted octanol–water partition coefficient (Wildman–Crippen LogP) is 4.75. The second-order valence-electron chi connectivity index (χ2n) is 6.40. The Morgan fingerprint density at radius 1 is 1.21 bits per heavy atom. The van der Waals surface area contributed by atoms with Crippen molar-refractivity contribution in [2.24, 2.45) is 0 Å². The van der Waals surface area contributed by atoms with Crippen LogP contribution in [0.5, 0.6) is 0 Å². The van der Waals surface area contributed by atoms with E-state index < -0.39 is 33.3 Å². The number of hydrogen-bond acceptors (Lipinski definition) is 9. The third-order valence-electron chi connectivity index (χ3n) is 4.38. The van der Waals surface area contributed by atoms with E-state index in [1.165, 1.54) is 31.2 Å². The summed E-state index contributed by atoms with van der Waals surface area (Å²) in [5.41, 5.74) is -1.34. The predicted molar refractivity (Wildman–Crippen MR) is 112 cm³/mol. The fourth-order valence-electron chi connectivity index (χ4n) is 2.83. The lowest BCUT2D eigenvalue weighted by atomic mass is 10.1. The van der Waals surface area contributed by atoms with Crippen molar-refractivity contribution >= 4 is 46.4 Å². The Balaban J connectivity index is 2.07. The quantitative estimate of drug-likeness (QED) is 0.301. The number of alkyl halides is 3. The number of para-hydroxylation sites is 1. The highest BCUT2D eigenvalue weighted by Crippen LogP contribution is 2.38. The van der Waals surface area contributed by atoms with Crippen molar-refractivity contribution in [3.05, 3.63) is 69.1 Å². The molecule has 0 aliphatic heterocycles. The van der Waals surface area contributed by atoms with Gasteiger partial charge in [0.2, 0.25) is 11.6 Å². The molecule has 10 nitrogen and oxygen atoms in total. The number of anilines is 4. The summed E-state index contributed by atoms with van der Waals surface area (Å²) in [5, 5.41) is 13.9. The Morgan fingerprint density at radius 2 is 1.91 bits per heavy atom. The largest absolute Gasteiger partial charge is 0.465 e. The molecule has 14 heteroatoms. The van der Waals surface area contributed by atoms with Gasteiger partial charge in [0.15, 0.2) is 5.82 Å². The van der Waals surface area contributed by atoms with Crippen molar-refractivity contribution in [1.29, 1.82) is 0 Å². The number of nitrogens with zero attached hydrogens (tertiary/aromatic N) is 5. The van der Waals surface area contributed by atoms with Gasteiger partial charge >= 0.3 is 17.8 Å². The minimum absolute atomic E-state index is 0.123. The van der Waals surface area contributed by atoms with E-state index in [1.807, 2.05) is 0 Å². The van der Waals surface area contributed by atoms with Crippen LogP contribution in [0.4, 0.5) is 42.0 Å². The lowest BCUT2D eigenvalue weighted by Gasteiger charge is -2.21. The number of aromatic nitrogens is 3. The van der Waals surface area contributed by atoms with Gasteiger partial charge in [-0.1, -0.05) is 23.7 Å². The summed E-state index contributed by atoms with van der Waals surface area (Å²) < 4.78 is 43.3. The molecular formula is C19H14ClF3N6O4. The molecule has 0 atom stereocenters. The molecule has 0 aliphatic rings. The van der Waals surface area contributed by atoms with Gasteiger partial charge in [0.25, 0.3) is 0 Å². The van der Waals surface area contributed by atoms with E-state index in [9.17, 15) is 28.1 Å². The number of carbonyl (C=O) groups excluding carboxylic acids is 1. The van der Waals surface area contributed by atoms with Gasteiger partial charge in [-0.05, 0) is 18.2 Å². The molecule has 3 aromatic rings. The number of ether oxygens (including phenoxy) is 1. The monoisotopic (exact) mass is 482 g/mol. The SMILES string of the molecule is COC(=O)c1ccccc1N(C)c1ncnc(Nc2ncc(C(F)(F)F)cc2Cl)c1[N+](=O)[O-]. The molecule has 0 aliphatic carbocycles. The molecule has 0 bridgehead atoms. The van der Waals surface area contributed by atoms with Crippen LogP contribution in [-0.4, -0.2) is 40.0 Å². The molecule has 1 N–H and O–H groups in total. The standard InChI is InChI=1S/C19H14ClF3N6O4/c1-28(13-6-4-3-5-11(13)18(30)33-2)17-14(29(31)32)16(25-9-26-17)27-15-12(20)7-10(8-24-15)19(21,22)23/h3-9H,1-2H3,(H,24,25,26,27). The van der Waals surface area contributed by atoms with E-state index in [1.54, 1.807) is 12.1 Å². The number of nitrogens with one attached hydrogen (secondary N) is 1. The van der Waals surface area contributed by atoms with E-state index in [0.717, 1.165) is 6.33 Å². The highest BCUT2D eigenvalue weighted by molar-refractivity contribution is 6.33. The summed E-state index contributed by atoms with van der Waals surface area (Å²) in [5.74, 6) is -1.54. The molecular weight excluding hydrogens is 469 g/mol. The van der Waals surface area contributed by atoms with Crippen LogP contribution in [0, 0.1) is 10.1 Å². The summed E-state index contributed by atoms with van der Waals surface area (Å²) >= 11 is 5.89. The molecule has 2 heterocycles. The molecule has 3 rings (SSSR count). The second-order valence-corrected chi connectivity index (χ2v) is 6.80. The number of methoxy groups -OCH3 is 1. The van der Waals surface area contributed by atoms with Crippen molar-refractivity contribution in [3.63, 3.8) is 0 Å². The lowest BCUT2D eigenvalue weighted by Crippen LogP contribution is -2.18. The zero-order valence-corrected chi connectivity index (χ0v) is 17.7. The lowest BCUT2D eigenvalue weighted by molar-refractivity contribution is -0.383. The van der Waals surface area contributed by atoms with Gasteiger partial charge in [0.1, 0.15) is 6.33 Å². The average Bonchev–Trinajstić information content (AvgIpc) is 2.78. The number of pyridine rings is 1. The maximum absolute atomic E-state index is 12.8. The highest BCUT2D eigenvalue weighted by atomic mass is 35.5. The summed E-state index contributed by atoms with van der Waals surface area (Å²) in [6.45, 7) is 0. The van der Waals surface area contributed by atoms with Gasteiger partial charge in [-0.15, -0.1) is 0 Å². The number of halogens is 4. The Hall–Kier alpha value is -4.00. The third kappa shape index (κ3) is 4.92. The zero-order chi connectivity index (χ0) is 24.3. The number of nitro groups is 1. The first-order valence-electron chi connectivity index (χ1n) is 8.94. The maximum atomic E-state index is 12.8. The fourth-order valence-corrected chi connectivity index (χ4v) is 3.05. The van der Waals surface area contributed by atoms with Crippen LogP contribution in [0.25, 0.3) is 0 Å². The molecule has 0 spiro atoms. The Kier molecular flexibility index (Phi) is 6.62. The van der Waals surface area contributed by atoms with Crippen LogP contribution in [-0.2, 0) is 10.9 Å². The van der Waals surface area contributed by atoms with Crippen LogP contribution < -0.4 is 10.2 Å². The minimum Gasteiger partial charge on any atom is -0.465 e. The maximum Gasteiger partial charge on any atom is 0.417 e. The van der Waals surface area contributed by atoms with Gasteiger partial charge in [-0.25, -0.2) is 19.7 Å². The average molecular weight is 483 g/mol. The number of hydrogen-bond donors (Lipinski definition) is 1. The molecule has 1 aromatic carbocycles. The van der Waals surface area contributed by atoms with Crippen LogP contribution >= 0.6 is 11.6 Å². The van der Waals surface area contributed by atoms with Crippen LogP contribution in [0.3, 0.4) is 0 Å². The first-order valence-corrected chi connectivity index (χ1v) is 9.32. The third-order valence-corrected chi connectivity index (χ3v) is 4.67.